The van der Waals surface area contributed by atoms with Gasteiger partial charge in [0.15, 0.2) is 11.6 Å². The molecule has 0 unspecified atom stereocenters. The summed E-state index contributed by atoms with van der Waals surface area (Å²) in [5.41, 5.74) is 18.3. The quantitative estimate of drug-likeness (QED) is 0.145. The summed E-state index contributed by atoms with van der Waals surface area (Å²) in [5, 5.41) is 11.9. The Hall–Kier alpha value is -8.86. The topological polar surface area (TPSA) is 35.6 Å². The van der Waals surface area contributed by atoms with E-state index in [9.17, 15) is 0 Å². The van der Waals surface area contributed by atoms with Crippen LogP contribution in [0, 0.1) is 0 Å². The second kappa shape index (κ2) is 16.7. The van der Waals surface area contributed by atoms with Crippen LogP contribution in [0.3, 0.4) is 0 Å². The van der Waals surface area contributed by atoms with E-state index in [0.29, 0.717) is 0 Å². The highest BCUT2D eigenvalue weighted by Gasteiger charge is 2.19. The molecule has 0 atom stereocenters. The van der Waals surface area contributed by atoms with Crippen LogP contribution in [-0.2, 0) is 0 Å². The molecule has 2 aromatic heterocycles. The van der Waals surface area contributed by atoms with E-state index >= 15 is 0 Å². The molecule has 12 aromatic rings. The molecule has 66 heavy (non-hydrogen) atoms. The van der Waals surface area contributed by atoms with Gasteiger partial charge in [-0.05, 0) is 104 Å². The van der Waals surface area contributed by atoms with Gasteiger partial charge in [0.2, 0.25) is 0 Å². The minimum atomic E-state index is 0.795. The summed E-state index contributed by atoms with van der Waals surface area (Å²) >= 11 is 0. The Balaban J connectivity index is 0.908. The molecular formula is C62H42N4. The summed E-state index contributed by atoms with van der Waals surface area (Å²) in [6.07, 6.45) is 0. The van der Waals surface area contributed by atoms with Crippen LogP contribution < -0.4 is 0 Å². The fourth-order valence-electron chi connectivity index (χ4n) is 9.52. The molecule has 10 aromatic carbocycles. The largest absolute Gasteiger partial charge is 0.309 e. The third kappa shape index (κ3) is 6.98. The Kier molecular flexibility index (Phi) is 9.81. The molecule has 0 saturated carbocycles. The zero-order valence-corrected chi connectivity index (χ0v) is 36.0. The molecule has 4 nitrogen and oxygen atoms in total. The fraction of sp³-hybridized carbons (Fsp3) is 0. The number of para-hydroxylation sites is 1. The first-order valence-electron chi connectivity index (χ1n) is 22.4. The first kappa shape index (κ1) is 38.8. The van der Waals surface area contributed by atoms with Gasteiger partial charge in [0.25, 0.3) is 0 Å². The van der Waals surface area contributed by atoms with Crippen molar-refractivity contribution >= 4 is 21.8 Å². The van der Waals surface area contributed by atoms with E-state index in [0.717, 1.165) is 50.8 Å². The number of aromatic nitrogens is 4. The first-order valence-corrected chi connectivity index (χ1v) is 22.4. The Morgan fingerprint density at radius 2 is 0.561 bits per heavy atom. The number of fused-ring (bicyclic) bond motifs is 3. The second-order valence-electron chi connectivity index (χ2n) is 16.6. The third-order valence-electron chi connectivity index (χ3n) is 12.7. The van der Waals surface area contributed by atoms with E-state index in [1.54, 1.807) is 0 Å². The van der Waals surface area contributed by atoms with Crippen molar-refractivity contribution < 1.29 is 0 Å². The van der Waals surface area contributed by atoms with E-state index in [-0.39, 0.29) is 0 Å². The van der Waals surface area contributed by atoms with Crippen molar-refractivity contribution in [1.29, 1.82) is 0 Å². The van der Waals surface area contributed by atoms with Crippen molar-refractivity contribution in [3.8, 4) is 89.8 Å². The molecule has 0 fully saturated rings. The summed E-state index contributed by atoms with van der Waals surface area (Å²) in [7, 11) is 0. The smallest absolute Gasteiger partial charge is 0.168 e. The van der Waals surface area contributed by atoms with Gasteiger partial charge in [-0.3, -0.25) is 4.57 Å². The molecule has 0 aliphatic carbocycles. The van der Waals surface area contributed by atoms with Crippen LogP contribution in [0.15, 0.2) is 255 Å². The maximum absolute atomic E-state index is 4.75. The lowest BCUT2D eigenvalue weighted by Crippen LogP contribution is -2.00. The molecule has 0 saturated heterocycles. The average molecular weight is 843 g/mol. The number of hydrogen-bond acceptors (Lipinski definition) is 2. The monoisotopic (exact) mass is 842 g/mol. The number of benzene rings is 10. The average Bonchev–Trinajstić information content (AvgIpc) is 4.00. The van der Waals surface area contributed by atoms with Crippen LogP contribution in [0.5, 0.6) is 0 Å². The zero-order chi connectivity index (χ0) is 43.8. The molecule has 0 N–H and O–H groups in total. The summed E-state index contributed by atoms with van der Waals surface area (Å²) < 4.78 is 4.55. The summed E-state index contributed by atoms with van der Waals surface area (Å²) in [4.78, 5) is 0. The van der Waals surface area contributed by atoms with Gasteiger partial charge in [-0.15, -0.1) is 10.2 Å². The highest BCUT2D eigenvalue weighted by atomic mass is 15.3. The Labute approximate surface area is 384 Å². The van der Waals surface area contributed by atoms with Gasteiger partial charge >= 0.3 is 0 Å². The standard InChI is InChI=1S/C62H42N4/c1-5-17-43(18-6-1)49-35-39-59-57(41-49)58-42-50(44-19-7-2-8-20-44)36-40-60(58)65(59)52-37-33-46(34-38-52)54-26-14-16-28-56(54)55-27-15-13-25-53(55)45-29-31-48(32-30-45)62-64-63-61(47-21-9-3-10-22-47)66(62)51-23-11-4-12-24-51/h1-42H. The molecule has 0 radical (unpaired) electrons. The lowest BCUT2D eigenvalue weighted by Gasteiger charge is -2.16. The van der Waals surface area contributed by atoms with E-state index in [2.05, 4.69) is 240 Å². The number of hydrogen-bond donors (Lipinski definition) is 0. The summed E-state index contributed by atoms with van der Waals surface area (Å²) in [5.74, 6) is 1.60. The zero-order valence-electron chi connectivity index (χ0n) is 36.0. The molecule has 0 aliphatic rings. The maximum Gasteiger partial charge on any atom is 0.168 e. The van der Waals surface area contributed by atoms with Crippen molar-refractivity contribution in [2.24, 2.45) is 0 Å². The third-order valence-corrected chi connectivity index (χ3v) is 12.7. The van der Waals surface area contributed by atoms with Crippen LogP contribution in [-0.4, -0.2) is 19.3 Å². The molecular weight excluding hydrogens is 801 g/mol. The SMILES string of the molecule is c1ccc(-c2ccc3c(c2)c2cc(-c4ccccc4)ccc2n3-c2ccc(-c3ccccc3-c3ccccc3-c3ccc(-c4nnc(-c5ccccc5)n4-c4ccccc4)cc3)cc2)cc1. The highest BCUT2D eigenvalue weighted by Crippen LogP contribution is 2.41. The molecule has 310 valence electrons. The van der Waals surface area contributed by atoms with Crippen molar-refractivity contribution in [1.82, 2.24) is 19.3 Å². The van der Waals surface area contributed by atoms with Crippen molar-refractivity contribution in [3.05, 3.63) is 255 Å². The minimum absolute atomic E-state index is 0.795. The van der Waals surface area contributed by atoms with Crippen LogP contribution in [0.25, 0.3) is 112 Å². The van der Waals surface area contributed by atoms with Crippen LogP contribution in [0.4, 0.5) is 0 Å². The first-order chi connectivity index (χ1) is 32.7. The molecule has 2 heterocycles. The molecule has 4 heteroatoms. The minimum Gasteiger partial charge on any atom is -0.309 e. The van der Waals surface area contributed by atoms with E-state index in [1.807, 2.05) is 24.3 Å². The Bertz CT molecular complexity index is 3550. The van der Waals surface area contributed by atoms with Gasteiger partial charge in [-0.25, -0.2) is 0 Å². The predicted octanol–water partition coefficient (Wildman–Crippen LogP) is 16.0. The van der Waals surface area contributed by atoms with E-state index in [1.165, 1.54) is 60.8 Å². The van der Waals surface area contributed by atoms with Crippen molar-refractivity contribution in [2.75, 3.05) is 0 Å². The summed E-state index contributed by atoms with van der Waals surface area (Å²) in [6, 6.07) is 90.9. The normalized spacial score (nSPS) is 11.3. The van der Waals surface area contributed by atoms with E-state index < -0.39 is 0 Å². The Morgan fingerprint density at radius 1 is 0.227 bits per heavy atom. The molecule has 12 rings (SSSR count). The summed E-state index contributed by atoms with van der Waals surface area (Å²) in [6.45, 7) is 0. The van der Waals surface area contributed by atoms with Crippen LogP contribution in [0.2, 0.25) is 0 Å². The van der Waals surface area contributed by atoms with Gasteiger partial charge in [0, 0.05) is 33.3 Å². The molecule has 0 aliphatic heterocycles. The number of rotatable bonds is 9. The van der Waals surface area contributed by atoms with Gasteiger partial charge < -0.3 is 4.57 Å². The van der Waals surface area contributed by atoms with Crippen LogP contribution >= 0.6 is 0 Å². The molecule has 0 amide bonds. The van der Waals surface area contributed by atoms with Crippen LogP contribution in [0.1, 0.15) is 0 Å². The van der Waals surface area contributed by atoms with Gasteiger partial charge in [-0.1, -0.05) is 206 Å². The van der Waals surface area contributed by atoms with Gasteiger partial charge in [0.05, 0.1) is 11.0 Å². The molecule has 0 bridgehead atoms. The number of nitrogens with zero attached hydrogens (tertiary/aromatic N) is 4. The lowest BCUT2D eigenvalue weighted by atomic mass is 9.89. The van der Waals surface area contributed by atoms with E-state index in [4.69, 9.17) is 10.2 Å². The van der Waals surface area contributed by atoms with Gasteiger partial charge in [0.1, 0.15) is 0 Å². The van der Waals surface area contributed by atoms with Crippen molar-refractivity contribution in [2.45, 2.75) is 0 Å². The maximum atomic E-state index is 4.75. The second-order valence-corrected chi connectivity index (χ2v) is 16.6. The molecule has 0 spiro atoms. The lowest BCUT2D eigenvalue weighted by molar-refractivity contribution is 1.07. The fourth-order valence-corrected chi connectivity index (χ4v) is 9.52. The van der Waals surface area contributed by atoms with Gasteiger partial charge in [-0.2, -0.15) is 0 Å². The van der Waals surface area contributed by atoms with Crippen molar-refractivity contribution in [3.63, 3.8) is 0 Å². The Morgan fingerprint density at radius 3 is 1.03 bits per heavy atom. The highest BCUT2D eigenvalue weighted by molar-refractivity contribution is 6.11. The predicted molar refractivity (Wildman–Crippen MR) is 274 cm³/mol.